The van der Waals surface area contributed by atoms with Gasteiger partial charge in [0.15, 0.2) is 0 Å². The van der Waals surface area contributed by atoms with Gasteiger partial charge in [-0.3, -0.25) is 4.79 Å². The van der Waals surface area contributed by atoms with Gasteiger partial charge in [-0.15, -0.1) is 0 Å². The van der Waals surface area contributed by atoms with E-state index < -0.39 is 0 Å². The molecule has 0 aliphatic rings. The van der Waals surface area contributed by atoms with Crippen molar-refractivity contribution in [3.05, 3.63) is 33.4 Å². The van der Waals surface area contributed by atoms with E-state index in [0.29, 0.717) is 0 Å². The van der Waals surface area contributed by atoms with Gasteiger partial charge in [0.25, 0.3) is 0 Å². The fourth-order valence-corrected chi connectivity index (χ4v) is 4.07. The highest BCUT2D eigenvalue weighted by atomic mass is 127. The third-order valence-corrected chi connectivity index (χ3v) is 5.06. The summed E-state index contributed by atoms with van der Waals surface area (Å²) in [6.07, 6.45) is 3.54. The number of unbranched alkanes of at least 4 members (excludes halogenated alkanes) is 1. The highest BCUT2D eigenvalue weighted by molar-refractivity contribution is 14.1. The maximum absolute atomic E-state index is 11.6. The summed E-state index contributed by atoms with van der Waals surface area (Å²) in [7, 11) is 4.02. The summed E-state index contributed by atoms with van der Waals surface area (Å²) < 4.78 is 4.03. The van der Waals surface area contributed by atoms with E-state index in [4.69, 9.17) is 0 Å². The molecular formula is C15H21IN2OS. The Bertz CT molecular complexity index is 620. The van der Waals surface area contributed by atoms with E-state index in [1.807, 2.05) is 7.05 Å². The number of aromatic nitrogens is 1. The minimum atomic E-state index is 0.123. The zero-order chi connectivity index (χ0) is 14.5. The number of thiazole rings is 1. The van der Waals surface area contributed by atoms with Crippen molar-refractivity contribution >= 4 is 44.1 Å². The van der Waals surface area contributed by atoms with Crippen LogP contribution in [0.3, 0.4) is 0 Å². The molecule has 0 amide bonds. The average molecular weight is 404 g/mol. The molecule has 0 saturated heterocycles. The summed E-state index contributed by atoms with van der Waals surface area (Å²) in [5, 5.41) is 0. The van der Waals surface area contributed by atoms with E-state index in [1.54, 1.807) is 4.57 Å². The molecule has 1 aromatic heterocycles. The van der Waals surface area contributed by atoms with Crippen molar-refractivity contribution in [3.63, 3.8) is 0 Å². The smallest absolute Gasteiger partial charge is 0.306 e. The molecule has 110 valence electrons. The first-order valence-electron chi connectivity index (χ1n) is 6.95. The molecule has 1 heterocycles. The topological polar surface area (TPSA) is 25.2 Å². The van der Waals surface area contributed by atoms with Crippen LogP contribution in [0.2, 0.25) is 0 Å². The highest BCUT2D eigenvalue weighted by Gasteiger charge is 2.05. The van der Waals surface area contributed by atoms with Crippen molar-refractivity contribution < 1.29 is 0 Å². The quantitative estimate of drug-likeness (QED) is 0.402. The molecule has 0 unspecified atom stereocenters. The first-order chi connectivity index (χ1) is 9.61. The van der Waals surface area contributed by atoms with Gasteiger partial charge < -0.3 is 9.47 Å². The van der Waals surface area contributed by atoms with E-state index in [9.17, 15) is 4.79 Å². The Labute approximate surface area is 137 Å². The van der Waals surface area contributed by atoms with Crippen molar-refractivity contribution in [2.45, 2.75) is 19.3 Å². The van der Waals surface area contributed by atoms with Crippen LogP contribution >= 0.6 is 33.9 Å². The monoisotopic (exact) mass is 404 g/mol. The van der Waals surface area contributed by atoms with Gasteiger partial charge in [0.2, 0.25) is 0 Å². The molecule has 0 aliphatic heterocycles. The SMILES string of the molecule is CN(CCI)CCCCc1ccc2c(c1)sc(=O)n2C. The number of rotatable bonds is 7. The highest BCUT2D eigenvalue weighted by Crippen LogP contribution is 2.19. The Morgan fingerprint density at radius 2 is 2.10 bits per heavy atom. The summed E-state index contributed by atoms with van der Waals surface area (Å²) >= 11 is 3.76. The predicted molar refractivity (Wildman–Crippen MR) is 96.4 cm³/mol. The number of halogens is 1. The number of benzene rings is 1. The number of hydrogen-bond acceptors (Lipinski definition) is 3. The van der Waals surface area contributed by atoms with Crippen LogP contribution in [0.15, 0.2) is 23.0 Å². The lowest BCUT2D eigenvalue weighted by atomic mass is 10.1. The van der Waals surface area contributed by atoms with Crippen molar-refractivity contribution in [2.75, 3.05) is 24.6 Å². The van der Waals surface area contributed by atoms with Crippen LogP contribution in [0.5, 0.6) is 0 Å². The lowest BCUT2D eigenvalue weighted by Crippen LogP contribution is -2.21. The normalized spacial score (nSPS) is 11.6. The fraction of sp³-hybridized carbons (Fsp3) is 0.533. The molecule has 0 radical (unpaired) electrons. The van der Waals surface area contributed by atoms with Gasteiger partial charge in [0.1, 0.15) is 0 Å². The standard InChI is InChI=1S/C15H21IN2OS/c1-17(10-8-16)9-4-3-5-12-6-7-13-14(11-12)20-15(19)18(13)2/h6-7,11H,3-5,8-10H2,1-2H3. The largest absolute Gasteiger partial charge is 0.307 e. The van der Waals surface area contributed by atoms with Crippen LogP contribution in [-0.2, 0) is 13.5 Å². The molecule has 3 nitrogen and oxygen atoms in total. The van der Waals surface area contributed by atoms with Crippen molar-refractivity contribution in [1.82, 2.24) is 9.47 Å². The van der Waals surface area contributed by atoms with E-state index in [-0.39, 0.29) is 4.87 Å². The van der Waals surface area contributed by atoms with Gasteiger partial charge in [-0.25, -0.2) is 0 Å². The fourth-order valence-electron chi connectivity index (χ4n) is 2.30. The second-order valence-electron chi connectivity index (χ2n) is 5.18. The van der Waals surface area contributed by atoms with Crippen LogP contribution in [0.4, 0.5) is 0 Å². The second kappa shape index (κ2) is 7.56. The van der Waals surface area contributed by atoms with Crippen LogP contribution in [0.25, 0.3) is 10.2 Å². The third-order valence-electron chi connectivity index (χ3n) is 3.58. The Morgan fingerprint density at radius 1 is 1.30 bits per heavy atom. The van der Waals surface area contributed by atoms with Crippen LogP contribution in [-0.4, -0.2) is 34.0 Å². The molecule has 2 aromatic rings. The molecule has 5 heteroatoms. The lowest BCUT2D eigenvalue weighted by Gasteiger charge is -2.14. The molecule has 2 rings (SSSR count). The summed E-state index contributed by atoms with van der Waals surface area (Å²) in [4.78, 5) is 14.1. The number of hydrogen-bond donors (Lipinski definition) is 0. The van der Waals surface area contributed by atoms with Gasteiger partial charge in [0, 0.05) is 18.0 Å². The van der Waals surface area contributed by atoms with Gasteiger partial charge in [-0.1, -0.05) is 40.0 Å². The van der Waals surface area contributed by atoms with Gasteiger partial charge in [0.05, 0.1) is 10.2 Å². The Balaban J connectivity index is 1.89. The van der Waals surface area contributed by atoms with E-state index in [0.717, 1.165) is 16.6 Å². The molecular weight excluding hydrogens is 383 g/mol. The minimum absolute atomic E-state index is 0.123. The second-order valence-corrected chi connectivity index (χ2v) is 7.25. The van der Waals surface area contributed by atoms with Crippen molar-refractivity contribution in [2.24, 2.45) is 7.05 Å². The first-order valence-corrected chi connectivity index (χ1v) is 9.29. The van der Waals surface area contributed by atoms with E-state index >= 15 is 0 Å². The first kappa shape index (κ1) is 16.0. The van der Waals surface area contributed by atoms with E-state index in [1.165, 1.54) is 47.3 Å². The third kappa shape index (κ3) is 4.05. The van der Waals surface area contributed by atoms with Gasteiger partial charge in [-0.2, -0.15) is 0 Å². The molecule has 0 atom stereocenters. The Morgan fingerprint density at radius 3 is 2.85 bits per heavy atom. The van der Waals surface area contributed by atoms with Crippen LogP contribution in [0, 0.1) is 0 Å². The van der Waals surface area contributed by atoms with E-state index in [2.05, 4.69) is 52.7 Å². The molecule has 20 heavy (non-hydrogen) atoms. The minimum Gasteiger partial charge on any atom is -0.306 e. The zero-order valence-corrected chi connectivity index (χ0v) is 15.0. The Hall–Kier alpha value is -0.400. The Kier molecular flexibility index (Phi) is 6.04. The van der Waals surface area contributed by atoms with Crippen molar-refractivity contribution in [1.29, 1.82) is 0 Å². The van der Waals surface area contributed by atoms with Crippen molar-refractivity contribution in [3.8, 4) is 0 Å². The summed E-state index contributed by atoms with van der Waals surface area (Å²) in [5.41, 5.74) is 2.39. The summed E-state index contributed by atoms with van der Waals surface area (Å²) in [6.45, 7) is 2.34. The summed E-state index contributed by atoms with van der Waals surface area (Å²) in [6, 6.07) is 6.41. The number of aryl methyl sites for hydroxylation is 2. The summed E-state index contributed by atoms with van der Waals surface area (Å²) in [5.74, 6) is 0. The molecule has 0 N–H and O–H groups in total. The molecule has 0 aliphatic carbocycles. The lowest BCUT2D eigenvalue weighted by molar-refractivity contribution is 0.348. The number of fused-ring (bicyclic) bond motifs is 1. The molecule has 0 fully saturated rings. The van der Waals surface area contributed by atoms with Gasteiger partial charge in [-0.05, 0) is 50.6 Å². The molecule has 0 saturated carbocycles. The maximum Gasteiger partial charge on any atom is 0.307 e. The van der Waals surface area contributed by atoms with Crippen LogP contribution in [0.1, 0.15) is 18.4 Å². The molecule has 0 spiro atoms. The van der Waals surface area contributed by atoms with Gasteiger partial charge >= 0.3 is 4.87 Å². The average Bonchev–Trinajstić information content (AvgIpc) is 2.70. The molecule has 1 aromatic carbocycles. The predicted octanol–water partition coefficient (Wildman–Crippen LogP) is 3.29. The molecule has 0 bridgehead atoms. The number of nitrogens with zero attached hydrogens (tertiary/aromatic N) is 2. The van der Waals surface area contributed by atoms with Crippen LogP contribution < -0.4 is 4.87 Å². The number of alkyl halides is 1. The maximum atomic E-state index is 11.6. The zero-order valence-electron chi connectivity index (χ0n) is 12.1.